The third-order valence-corrected chi connectivity index (χ3v) is 2.16. The zero-order chi connectivity index (χ0) is 11.5. The van der Waals surface area contributed by atoms with Gasteiger partial charge in [-0.2, -0.15) is 0 Å². The van der Waals surface area contributed by atoms with Crippen LogP contribution in [0.3, 0.4) is 0 Å². The predicted octanol–water partition coefficient (Wildman–Crippen LogP) is 2.08. The largest absolute Gasteiger partial charge is 0.291 e. The smallest absolute Gasteiger partial charge is 0.269 e. The van der Waals surface area contributed by atoms with Gasteiger partial charge in [-0.1, -0.05) is 0 Å². The number of rotatable bonds is 2. The Hall–Kier alpha value is -2.43. The number of aromatic nitrogens is 1. The Balaban J connectivity index is 2.29. The highest BCUT2D eigenvalue weighted by molar-refractivity contribution is 5.96. The van der Waals surface area contributed by atoms with Gasteiger partial charge in [-0.05, 0) is 24.3 Å². The monoisotopic (exact) mass is 216 g/mol. The van der Waals surface area contributed by atoms with Gasteiger partial charge in [0.05, 0.1) is 4.92 Å². The molecule has 0 aliphatic heterocycles. The number of nitro groups is 1. The minimum Gasteiger partial charge on any atom is -0.291 e. The molecule has 0 bridgehead atoms. The molecule has 0 spiro atoms. The van der Waals surface area contributed by atoms with Crippen LogP contribution in [0.2, 0.25) is 0 Å². The molecule has 0 amide bonds. The third-order valence-electron chi connectivity index (χ3n) is 2.16. The van der Waals surface area contributed by atoms with Gasteiger partial charge in [0, 0.05) is 30.1 Å². The Morgan fingerprint density at radius 2 is 1.69 bits per heavy atom. The zero-order valence-corrected chi connectivity index (χ0v) is 8.24. The Kier molecular flexibility index (Phi) is 2.51. The fraction of sp³-hybridized carbons (Fsp3) is 0. The van der Waals surface area contributed by atoms with Crippen molar-refractivity contribution in [3.05, 3.63) is 64.5 Å². The molecule has 0 atom stereocenters. The van der Waals surface area contributed by atoms with Crippen LogP contribution >= 0.6 is 0 Å². The third kappa shape index (κ3) is 1.83. The molecule has 0 saturated carbocycles. The van der Waals surface area contributed by atoms with Crippen LogP contribution in [0, 0.1) is 10.1 Å². The molecule has 2 aromatic rings. The first-order valence-electron chi connectivity index (χ1n) is 4.60. The molecule has 0 radical (unpaired) electrons. The lowest BCUT2D eigenvalue weighted by Crippen LogP contribution is -2.09. The SMILES string of the molecule is O=C(c1ccc([N+](=O)[O-])cc1)n1cccc1. The van der Waals surface area contributed by atoms with Crippen LogP contribution in [-0.2, 0) is 0 Å². The van der Waals surface area contributed by atoms with Gasteiger partial charge < -0.3 is 0 Å². The minimum atomic E-state index is -0.496. The van der Waals surface area contributed by atoms with Gasteiger partial charge in [0.25, 0.3) is 11.6 Å². The molecule has 1 aromatic heterocycles. The maximum Gasteiger partial charge on any atom is 0.269 e. The zero-order valence-electron chi connectivity index (χ0n) is 8.24. The van der Waals surface area contributed by atoms with Crippen molar-refractivity contribution in [2.45, 2.75) is 0 Å². The highest BCUT2D eigenvalue weighted by Gasteiger charge is 2.09. The number of hydrogen-bond acceptors (Lipinski definition) is 3. The Morgan fingerprint density at radius 1 is 1.12 bits per heavy atom. The second-order valence-corrected chi connectivity index (χ2v) is 3.20. The van der Waals surface area contributed by atoms with E-state index in [1.54, 1.807) is 24.5 Å². The van der Waals surface area contributed by atoms with E-state index in [0.717, 1.165) is 0 Å². The molecule has 80 valence electrons. The molecule has 0 N–H and O–H groups in total. The maximum atomic E-state index is 11.8. The Labute approximate surface area is 91.1 Å². The van der Waals surface area contributed by atoms with Gasteiger partial charge in [-0.3, -0.25) is 19.5 Å². The molecule has 0 fully saturated rings. The molecule has 0 unspecified atom stereocenters. The van der Waals surface area contributed by atoms with Crippen molar-refractivity contribution in [2.24, 2.45) is 0 Å². The van der Waals surface area contributed by atoms with Crippen LogP contribution in [0.4, 0.5) is 5.69 Å². The van der Waals surface area contributed by atoms with Gasteiger partial charge in [0.2, 0.25) is 0 Å². The lowest BCUT2D eigenvalue weighted by atomic mass is 10.2. The number of hydrogen-bond donors (Lipinski definition) is 0. The Bertz CT molecular complexity index is 515. The van der Waals surface area contributed by atoms with Gasteiger partial charge in [0.1, 0.15) is 0 Å². The first-order chi connectivity index (χ1) is 7.68. The summed E-state index contributed by atoms with van der Waals surface area (Å²) in [7, 11) is 0. The van der Waals surface area contributed by atoms with Crippen LogP contribution < -0.4 is 0 Å². The summed E-state index contributed by atoms with van der Waals surface area (Å²) >= 11 is 0. The van der Waals surface area contributed by atoms with Gasteiger partial charge in [0.15, 0.2) is 0 Å². The van der Waals surface area contributed by atoms with Crippen LogP contribution in [0.5, 0.6) is 0 Å². The van der Waals surface area contributed by atoms with Crippen molar-refractivity contribution in [2.75, 3.05) is 0 Å². The fourth-order valence-electron chi connectivity index (χ4n) is 1.34. The van der Waals surface area contributed by atoms with E-state index in [-0.39, 0.29) is 11.6 Å². The van der Waals surface area contributed by atoms with Crippen LogP contribution in [0.15, 0.2) is 48.8 Å². The van der Waals surface area contributed by atoms with Gasteiger partial charge in [-0.15, -0.1) is 0 Å². The number of carbonyl (C=O) groups is 1. The molecule has 2 rings (SSSR count). The summed E-state index contributed by atoms with van der Waals surface area (Å²) in [6.45, 7) is 0. The van der Waals surface area contributed by atoms with E-state index in [2.05, 4.69) is 0 Å². The van der Waals surface area contributed by atoms with Crippen molar-refractivity contribution in [3.8, 4) is 0 Å². The maximum absolute atomic E-state index is 11.8. The molecule has 1 aromatic carbocycles. The minimum absolute atomic E-state index is 0.0240. The van der Waals surface area contributed by atoms with Crippen molar-refractivity contribution in [1.82, 2.24) is 4.57 Å². The number of nitrogens with zero attached hydrogens (tertiary/aromatic N) is 2. The molecule has 5 nitrogen and oxygen atoms in total. The highest BCUT2D eigenvalue weighted by Crippen LogP contribution is 2.12. The normalized spacial score (nSPS) is 10.0. The van der Waals surface area contributed by atoms with Gasteiger partial charge in [-0.25, -0.2) is 0 Å². The number of nitro benzene ring substituents is 1. The lowest BCUT2D eigenvalue weighted by molar-refractivity contribution is -0.384. The Morgan fingerprint density at radius 3 is 2.19 bits per heavy atom. The van der Waals surface area contributed by atoms with Crippen molar-refractivity contribution < 1.29 is 9.72 Å². The summed E-state index contributed by atoms with van der Waals surface area (Å²) in [5.41, 5.74) is 0.394. The van der Waals surface area contributed by atoms with Crippen LogP contribution in [0.1, 0.15) is 10.4 Å². The standard InChI is InChI=1S/C11H8N2O3/c14-11(12-7-1-2-8-12)9-3-5-10(6-4-9)13(15)16/h1-8H. The summed E-state index contributed by atoms with van der Waals surface area (Å²) in [5, 5.41) is 10.4. The molecule has 16 heavy (non-hydrogen) atoms. The van der Waals surface area contributed by atoms with Crippen molar-refractivity contribution in [1.29, 1.82) is 0 Å². The van der Waals surface area contributed by atoms with Crippen molar-refractivity contribution >= 4 is 11.6 Å². The molecular formula is C11H8N2O3. The predicted molar refractivity (Wildman–Crippen MR) is 57.3 cm³/mol. The molecule has 5 heteroatoms. The van der Waals surface area contributed by atoms with E-state index >= 15 is 0 Å². The molecule has 0 aliphatic rings. The lowest BCUT2D eigenvalue weighted by Gasteiger charge is -2.00. The average Bonchev–Trinajstić information content (AvgIpc) is 2.81. The topological polar surface area (TPSA) is 65.1 Å². The fourth-order valence-corrected chi connectivity index (χ4v) is 1.34. The van der Waals surface area contributed by atoms with Crippen LogP contribution in [-0.4, -0.2) is 15.4 Å². The van der Waals surface area contributed by atoms with E-state index in [1.165, 1.54) is 28.8 Å². The van der Waals surface area contributed by atoms with E-state index in [9.17, 15) is 14.9 Å². The van der Waals surface area contributed by atoms with E-state index < -0.39 is 4.92 Å². The first-order valence-corrected chi connectivity index (χ1v) is 4.60. The van der Waals surface area contributed by atoms with Gasteiger partial charge >= 0.3 is 0 Å². The van der Waals surface area contributed by atoms with E-state index in [1.807, 2.05) is 0 Å². The number of carbonyl (C=O) groups excluding carboxylic acids is 1. The highest BCUT2D eigenvalue weighted by atomic mass is 16.6. The second-order valence-electron chi connectivity index (χ2n) is 3.20. The summed E-state index contributed by atoms with van der Waals surface area (Å²) in [6, 6.07) is 9.00. The summed E-state index contributed by atoms with van der Waals surface area (Å²) in [4.78, 5) is 21.7. The molecule has 1 heterocycles. The van der Waals surface area contributed by atoms with E-state index in [0.29, 0.717) is 5.56 Å². The second kappa shape index (κ2) is 3.98. The van der Waals surface area contributed by atoms with E-state index in [4.69, 9.17) is 0 Å². The summed E-state index contributed by atoms with van der Waals surface area (Å²) < 4.78 is 1.42. The summed E-state index contributed by atoms with van der Waals surface area (Å²) in [6.07, 6.45) is 3.26. The molecule has 0 saturated heterocycles. The first kappa shape index (κ1) is 10.1. The quantitative estimate of drug-likeness (QED) is 0.570. The molecular weight excluding hydrogens is 208 g/mol. The van der Waals surface area contributed by atoms with Crippen LogP contribution in [0.25, 0.3) is 0 Å². The number of non-ortho nitro benzene ring substituents is 1. The van der Waals surface area contributed by atoms with Crippen molar-refractivity contribution in [3.63, 3.8) is 0 Å². The molecule has 0 aliphatic carbocycles. The average molecular weight is 216 g/mol. The summed E-state index contributed by atoms with van der Waals surface area (Å²) in [5.74, 6) is -0.208. The number of benzene rings is 1.